The van der Waals surface area contributed by atoms with Crippen LogP contribution in [-0.2, 0) is 27.5 Å². The Bertz CT molecular complexity index is 1150. The highest BCUT2D eigenvalue weighted by Crippen LogP contribution is 2.36. The summed E-state index contributed by atoms with van der Waals surface area (Å²) in [4.78, 5) is 26.6. The molecule has 0 bridgehead atoms. The highest BCUT2D eigenvalue weighted by molar-refractivity contribution is 5.97. The Morgan fingerprint density at radius 2 is 1.77 bits per heavy atom. The Balaban J connectivity index is 1.84. The van der Waals surface area contributed by atoms with Crippen LogP contribution in [0.5, 0.6) is 5.75 Å². The normalized spacial score (nSPS) is 11.8. The predicted molar refractivity (Wildman–Crippen MR) is 140 cm³/mol. The first-order valence-corrected chi connectivity index (χ1v) is 12.2. The third kappa shape index (κ3) is 7.51. The molecule has 35 heavy (non-hydrogen) atoms. The molecule has 0 saturated carbocycles. The number of aryl methyl sites for hydroxylation is 1. The summed E-state index contributed by atoms with van der Waals surface area (Å²) in [7, 11) is 0. The largest absolute Gasteiger partial charge is 0.491 e. The number of ether oxygens (including phenoxy) is 1. The molecule has 6 heteroatoms. The van der Waals surface area contributed by atoms with Crippen LogP contribution in [0.25, 0.3) is 22.0 Å². The van der Waals surface area contributed by atoms with Crippen molar-refractivity contribution in [1.29, 1.82) is 0 Å². The topological polar surface area (TPSA) is 83.7 Å². The average Bonchev–Trinajstić information content (AvgIpc) is 2.77. The Morgan fingerprint density at radius 1 is 1.06 bits per heavy atom. The lowest BCUT2D eigenvalue weighted by molar-refractivity contribution is -0.275. The molecule has 0 radical (unpaired) electrons. The zero-order chi connectivity index (χ0) is 25.6. The standard InChI is InChI=1S/C29H38N2O4/c1-19(2)15-26-24(18-30)28(21-9-7-20(3)8-10-21)23-16-22(11-12-25(23)31-26)33-13-14-34-35-27(32)17-29(4,5)6/h7-12,16,19H,13-15,17-18,30H2,1-6H3. The number of rotatable bonds is 10. The number of benzene rings is 2. The molecule has 0 atom stereocenters. The number of carbonyl (C=O) groups excluding carboxylic acids is 1. The van der Waals surface area contributed by atoms with E-state index in [0.29, 0.717) is 18.2 Å². The third-order valence-electron chi connectivity index (χ3n) is 5.55. The Morgan fingerprint density at radius 3 is 2.40 bits per heavy atom. The van der Waals surface area contributed by atoms with Gasteiger partial charge in [-0.3, -0.25) is 9.87 Å². The van der Waals surface area contributed by atoms with Crippen LogP contribution in [0.2, 0.25) is 0 Å². The highest BCUT2D eigenvalue weighted by atomic mass is 17.2. The van der Waals surface area contributed by atoms with E-state index in [1.165, 1.54) is 5.56 Å². The number of fused-ring (bicyclic) bond motifs is 1. The summed E-state index contributed by atoms with van der Waals surface area (Å²) in [5, 5.41) is 0.997. The minimum absolute atomic E-state index is 0.137. The zero-order valence-electron chi connectivity index (χ0n) is 21.8. The first-order valence-electron chi connectivity index (χ1n) is 12.2. The van der Waals surface area contributed by atoms with E-state index < -0.39 is 0 Å². The number of nitrogens with two attached hydrogens (primary N) is 1. The number of hydrogen-bond donors (Lipinski definition) is 1. The van der Waals surface area contributed by atoms with Gasteiger partial charge in [-0.05, 0) is 59.6 Å². The van der Waals surface area contributed by atoms with Gasteiger partial charge in [0, 0.05) is 17.6 Å². The summed E-state index contributed by atoms with van der Waals surface area (Å²) in [6.07, 6.45) is 1.15. The number of pyridine rings is 1. The number of nitrogens with zero attached hydrogens (tertiary/aromatic N) is 1. The van der Waals surface area contributed by atoms with E-state index in [4.69, 9.17) is 25.2 Å². The van der Waals surface area contributed by atoms with Gasteiger partial charge in [-0.2, -0.15) is 4.89 Å². The van der Waals surface area contributed by atoms with Crippen LogP contribution in [0.1, 0.15) is 57.9 Å². The van der Waals surface area contributed by atoms with Gasteiger partial charge < -0.3 is 10.5 Å². The van der Waals surface area contributed by atoms with Crippen LogP contribution >= 0.6 is 0 Å². The van der Waals surface area contributed by atoms with Crippen LogP contribution in [-0.4, -0.2) is 24.2 Å². The summed E-state index contributed by atoms with van der Waals surface area (Å²) >= 11 is 0. The van der Waals surface area contributed by atoms with Crippen LogP contribution < -0.4 is 10.5 Å². The quantitative estimate of drug-likeness (QED) is 0.213. The van der Waals surface area contributed by atoms with Gasteiger partial charge in [-0.25, -0.2) is 4.79 Å². The van der Waals surface area contributed by atoms with E-state index in [-0.39, 0.29) is 31.0 Å². The van der Waals surface area contributed by atoms with Crippen molar-refractivity contribution in [3.8, 4) is 16.9 Å². The smallest absolute Gasteiger partial charge is 0.342 e. The molecule has 0 amide bonds. The fraction of sp³-hybridized carbons (Fsp3) is 0.448. The molecule has 2 N–H and O–H groups in total. The van der Waals surface area contributed by atoms with Gasteiger partial charge in [-0.15, -0.1) is 0 Å². The molecular weight excluding hydrogens is 440 g/mol. The summed E-state index contributed by atoms with van der Waals surface area (Å²) in [5.41, 5.74) is 12.6. The molecule has 0 aliphatic heterocycles. The molecule has 188 valence electrons. The van der Waals surface area contributed by atoms with Crippen molar-refractivity contribution >= 4 is 16.9 Å². The van der Waals surface area contributed by atoms with Gasteiger partial charge in [0.25, 0.3) is 0 Å². The van der Waals surface area contributed by atoms with Crippen LogP contribution in [0, 0.1) is 18.3 Å². The number of aromatic nitrogens is 1. The second-order valence-electron chi connectivity index (χ2n) is 10.6. The Hall–Kier alpha value is -2.96. The fourth-order valence-electron chi connectivity index (χ4n) is 4.01. The fourth-order valence-corrected chi connectivity index (χ4v) is 4.01. The van der Waals surface area contributed by atoms with Gasteiger partial charge >= 0.3 is 5.97 Å². The molecule has 2 aromatic carbocycles. The maximum absolute atomic E-state index is 11.8. The highest BCUT2D eigenvalue weighted by Gasteiger charge is 2.19. The lowest BCUT2D eigenvalue weighted by Gasteiger charge is -2.19. The minimum Gasteiger partial charge on any atom is -0.491 e. The van der Waals surface area contributed by atoms with Crippen molar-refractivity contribution in [2.75, 3.05) is 13.2 Å². The maximum atomic E-state index is 11.8. The Kier molecular flexibility index (Phi) is 8.87. The monoisotopic (exact) mass is 478 g/mol. The van der Waals surface area contributed by atoms with Crippen molar-refractivity contribution < 1.29 is 19.3 Å². The number of hydrogen-bond acceptors (Lipinski definition) is 6. The molecule has 0 aliphatic rings. The van der Waals surface area contributed by atoms with E-state index in [9.17, 15) is 4.79 Å². The molecule has 3 rings (SSSR count). The van der Waals surface area contributed by atoms with Gasteiger partial charge in [0.2, 0.25) is 0 Å². The van der Waals surface area contributed by atoms with Crippen LogP contribution in [0.15, 0.2) is 42.5 Å². The van der Waals surface area contributed by atoms with Gasteiger partial charge in [0.1, 0.15) is 19.0 Å². The van der Waals surface area contributed by atoms with Crippen molar-refractivity contribution in [3.63, 3.8) is 0 Å². The predicted octanol–water partition coefficient (Wildman–Crippen LogP) is 6.16. The number of carbonyl (C=O) groups is 1. The van der Waals surface area contributed by atoms with Gasteiger partial charge in [0.05, 0.1) is 11.9 Å². The van der Waals surface area contributed by atoms with Crippen LogP contribution in [0.4, 0.5) is 0 Å². The zero-order valence-corrected chi connectivity index (χ0v) is 21.8. The Labute approximate surface area is 208 Å². The van der Waals surface area contributed by atoms with E-state index in [1.54, 1.807) is 0 Å². The summed E-state index contributed by atoms with van der Waals surface area (Å²) < 4.78 is 5.90. The SMILES string of the molecule is Cc1ccc(-c2c(CN)c(CC(C)C)nc3ccc(OCCOOC(=O)CC(C)(C)C)cc23)cc1. The summed E-state index contributed by atoms with van der Waals surface area (Å²) in [5.74, 6) is 0.775. The molecule has 1 heterocycles. The lowest BCUT2D eigenvalue weighted by atomic mass is 9.91. The van der Waals surface area contributed by atoms with E-state index in [0.717, 1.165) is 39.7 Å². The molecule has 6 nitrogen and oxygen atoms in total. The summed E-state index contributed by atoms with van der Waals surface area (Å²) in [6, 6.07) is 14.4. The van der Waals surface area contributed by atoms with Crippen LogP contribution in [0.3, 0.4) is 0 Å². The maximum Gasteiger partial charge on any atom is 0.342 e. The first-order chi connectivity index (χ1) is 16.6. The van der Waals surface area contributed by atoms with E-state index in [1.807, 2.05) is 39.0 Å². The minimum atomic E-state index is -0.386. The molecule has 0 fully saturated rings. The van der Waals surface area contributed by atoms with Crippen molar-refractivity contribution in [3.05, 3.63) is 59.3 Å². The average molecular weight is 479 g/mol. The molecule has 1 aromatic heterocycles. The van der Waals surface area contributed by atoms with E-state index in [2.05, 4.69) is 45.0 Å². The molecule has 0 aliphatic carbocycles. The molecular formula is C29H38N2O4. The van der Waals surface area contributed by atoms with Crippen molar-refractivity contribution in [1.82, 2.24) is 4.98 Å². The van der Waals surface area contributed by atoms with E-state index >= 15 is 0 Å². The first kappa shape index (κ1) is 26.6. The lowest BCUT2D eigenvalue weighted by Crippen LogP contribution is -2.17. The third-order valence-corrected chi connectivity index (χ3v) is 5.55. The second kappa shape index (κ2) is 11.6. The second-order valence-corrected chi connectivity index (χ2v) is 10.6. The molecule has 0 unspecified atom stereocenters. The van der Waals surface area contributed by atoms with Gasteiger partial charge in [0.15, 0.2) is 0 Å². The van der Waals surface area contributed by atoms with Gasteiger partial charge in [-0.1, -0.05) is 64.4 Å². The van der Waals surface area contributed by atoms with Crippen molar-refractivity contribution in [2.24, 2.45) is 17.1 Å². The van der Waals surface area contributed by atoms with Crippen molar-refractivity contribution in [2.45, 2.75) is 60.9 Å². The summed E-state index contributed by atoms with van der Waals surface area (Å²) in [6.45, 7) is 13.2. The molecule has 0 saturated heterocycles. The molecule has 0 spiro atoms. The molecule has 3 aromatic rings.